The molecule has 1 aromatic heterocycles. The molecule has 0 bridgehead atoms. The van der Waals surface area contributed by atoms with Gasteiger partial charge in [-0.2, -0.15) is 14.9 Å². The van der Waals surface area contributed by atoms with Gasteiger partial charge in [-0.1, -0.05) is 42.5 Å². The molecule has 128 valence electrons. The van der Waals surface area contributed by atoms with Crippen LogP contribution in [-0.4, -0.2) is 26.2 Å². The minimum absolute atomic E-state index is 0.221. The smallest absolute Gasteiger partial charge is 0.216 e. The number of rotatable bonds is 4. The summed E-state index contributed by atoms with van der Waals surface area (Å²) in [6.07, 6.45) is 2.30. The number of hydrogen-bond acceptors (Lipinski definition) is 4. The summed E-state index contributed by atoms with van der Waals surface area (Å²) < 4.78 is 2.07. The van der Waals surface area contributed by atoms with Crippen molar-refractivity contribution in [3.63, 3.8) is 0 Å². The molecule has 0 spiro atoms. The van der Waals surface area contributed by atoms with Gasteiger partial charge in [0.2, 0.25) is 4.77 Å². The number of aromatic amines is 1. The van der Waals surface area contributed by atoms with Crippen LogP contribution in [0.1, 0.15) is 17.0 Å². The van der Waals surface area contributed by atoms with Crippen molar-refractivity contribution in [3.8, 4) is 5.75 Å². The van der Waals surface area contributed by atoms with E-state index >= 15 is 0 Å². The highest BCUT2D eigenvalue weighted by atomic mass is 32.1. The number of H-pyrrole nitrogens is 1. The topological polar surface area (TPSA) is 66.2 Å². The van der Waals surface area contributed by atoms with E-state index in [1.54, 1.807) is 35.2 Å². The van der Waals surface area contributed by atoms with E-state index in [9.17, 15) is 5.11 Å². The molecule has 4 rings (SSSR count). The molecular weight excluding hydrogens is 344 g/mol. The number of nitrogens with one attached hydrogen (secondary N) is 1. The second-order valence-corrected chi connectivity index (χ2v) is 6.29. The Labute approximate surface area is 155 Å². The molecule has 0 saturated heterocycles. The van der Waals surface area contributed by atoms with Crippen LogP contribution in [-0.2, 0) is 6.42 Å². The van der Waals surface area contributed by atoms with Gasteiger partial charge >= 0.3 is 0 Å². The Morgan fingerprint density at radius 2 is 1.81 bits per heavy atom. The van der Waals surface area contributed by atoms with Crippen molar-refractivity contribution in [1.82, 2.24) is 14.9 Å². The summed E-state index contributed by atoms with van der Waals surface area (Å²) in [6.45, 7) is 0. The summed E-state index contributed by atoms with van der Waals surface area (Å²) in [5.74, 6) is 0.958. The Bertz CT molecular complexity index is 1140. The molecule has 0 radical (unpaired) electrons. The molecule has 26 heavy (non-hydrogen) atoms. The number of benzene rings is 3. The van der Waals surface area contributed by atoms with Crippen molar-refractivity contribution in [2.24, 2.45) is 5.10 Å². The van der Waals surface area contributed by atoms with Gasteiger partial charge in [0, 0.05) is 6.42 Å². The highest BCUT2D eigenvalue weighted by molar-refractivity contribution is 7.71. The maximum atomic E-state index is 9.37. The highest BCUT2D eigenvalue weighted by Gasteiger charge is 2.08. The molecule has 3 aromatic carbocycles. The molecule has 0 fully saturated rings. The summed E-state index contributed by atoms with van der Waals surface area (Å²) in [6, 6.07) is 21.3. The zero-order valence-corrected chi connectivity index (χ0v) is 14.6. The van der Waals surface area contributed by atoms with Crippen LogP contribution in [0.15, 0.2) is 71.8 Å². The van der Waals surface area contributed by atoms with Crippen molar-refractivity contribution < 1.29 is 5.11 Å². The number of aromatic nitrogens is 3. The lowest BCUT2D eigenvalue weighted by Crippen LogP contribution is -2.01. The van der Waals surface area contributed by atoms with Gasteiger partial charge in [0.05, 0.1) is 6.21 Å². The second kappa shape index (κ2) is 6.93. The lowest BCUT2D eigenvalue weighted by molar-refractivity contribution is 0.475. The Morgan fingerprint density at radius 1 is 1.04 bits per heavy atom. The number of phenolic OH excluding ortho intramolecular Hbond substituents is 1. The average Bonchev–Trinajstić information content (AvgIpc) is 3.01. The van der Waals surface area contributed by atoms with E-state index in [1.807, 2.05) is 18.2 Å². The molecule has 0 aliphatic rings. The van der Waals surface area contributed by atoms with Gasteiger partial charge in [-0.15, -0.1) is 0 Å². The largest absolute Gasteiger partial charge is 0.508 e. The third-order valence-corrected chi connectivity index (χ3v) is 4.43. The van der Waals surface area contributed by atoms with Gasteiger partial charge in [-0.25, -0.2) is 0 Å². The lowest BCUT2D eigenvalue weighted by Gasteiger charge is -2.06. The van der Waals surface area contributed by atoms with E-state index in [-0.39, 0.29) is 5.75 Å². The molecule has 0 saturated carbocycles. The molecule has 5 nitrogen and oxygen atoms in total. The van der Waals surface area contributed by atoms with E-state index in [0.717, 1.165) is 17.0 Å². The number of phenols is 1. The first-order valence-electron chi connectivity index (χ1n) is 8.17. The lowest BCUT2D eigenvalue weighted by atomic mass is 10.0. The molecule has 4 aromatic rings. The second-order valence-electron chi connectivity index (χ2n) is 5.91. The van der Waals surface area contributed by atoms with Crippen LogP contribution in [0.2, 0.25) is 0 Å². The van der Waals surface area contributed by atoms with Crippen LogP contribution < -0.4 is 0 Å². The third kappa shape index (κ3) is 3.27. The normalized spacial score (nSPS) is 11.4. The van der Waals surface area contributed by atoms with Gasteiger partial charge < -0.3 is 5.11 Å². The highest BCUT2D eigenvalue weighted by Crippen LogP contribution is 2.20. The molecule has 0 atom stereocenters. The molecule has 0 amide bonds. The van der Waals surface area contributed by atoms with Crippen molar-refractivity contribution in [2.45, 2.75) is 6.42 Å². The first-order chi connectivity index (χ1) is 12.7. The number of fused-ring (bicyclic) bond motifs is 1. The fourth-order valence-electron chi connectivity index (χ4n) is 2.86. The van der Waals surface area contributed by atoms with E-state index in [4.69, 9.17) is 12.2 Å². The van der Waals surface area contributed by atoms with Crippen LogP contribution in [0, 0.1) is 4.77 Å². The summed E-state index contributed by atoms with van der Waals surface area (Å²) in [5, 5.41) is 23.4. The number of aromatic hydroxyl groups is 1. The van der Waals surface area contributed by atoms with Crippen LogP contribution in [0.4, 0.5) is 0 Å². The summed E-state index contributed by atoms with van der Waals surface area (Å²) in [5.41, 5.74) is 2.03. The Morgan fingerprint density at radius 3 is 2.65 bits per heavy atom. The standard InChI is InChI=1S/C20H16N4OS/c25-17-10-8-14(9-11-17)13-21-24-19(22-23-20(24)26)12-16-6-3-5-15-4-1-2-7-18(15)16/h1-11,13,25H,12H2,(H,23,26)/b21-13+. The average molecular weight is 360 g/mol. The zero-order chi connectivity index (χ0) is 17.9. The Hall–Kier alpha value is -3.25. The predicted octanol–water partition coefficient (Wildman–Crippen LogP) is 4.27. The minimum atomic E-state index is 0.221. The number of nitrogens with zero attached hydrogens (tertiary/aromatic N) is 3. The zero-order valence-electron chi connectivity index (χ0n) is 13.8. The van der Waals surface area contributed by atoms with Crippen LogP contribution in [0.3, 0.4) is 0 Å². The van der Waals surface area contributed by atoms with Crippen molar-refractivity contribution in [1.29, 1.82) is 0 Å². The van der Waals surface area contributed by atoms with Gasteiger partial charge in [-0.3, -0.25) is 5.10 Å². The van der Waals surface area contributed by atoms with E-state index in [2.05, 4.69) is 39.6 Å². The van der Waals surface area contributed by atoms with Gasteiger partial charge in [0.15, 0.2) is 5.82 Å². The molecule has 0 unspecified atom stereocenters. The first kappa shape index (κ1) is 16.2. The SMILES string of the molecule is Oc1ccc(/C=N/n2c(Cc3cccc4ccccc34)n[nH]c2=S)cc1. The maximum absolute atomic E-state index is 9.37. The third-order valence-electron chi connectivity index (χ3n) is 4.16. The minimum Gasteiger partial charge on any atom is -0.508 e. The monoisotopic (exact) mass is 360 g/mol. The Kier molecular flexibility index (Phi) is 4.33. The van der Waals surface area contributed by atoms with Crippen LogP contribution in [0.5, 0.6) is 5.75 Å². The molecule has 0 aliphatic heterocycles. The fraction of sp³-hybridized carbons (Fsp3) is 0.0500. The van der Waals surface area contributed by atoms with Crippen molar-refractivity contribution >= 4 is 29.2 Å². The van der Waals surface area contributed by atoms with E-state index in [0.29, 0.717) is 11.2 Å². The summed E-state index contributed by atoms with van der Waals surface area (Å²) >= 11 is 5.31. The van der Waals surface area contributed by atoms with Crippen molar-refractivity contribution in [2.75, 3.05) is 0 Å². The van der Waals surface area contributed by atoms with Crippen LogP contribution in [0.25, 0.3) is 10.8 Å². The van der Waals surface area contributed by atoms with E-state index in [1.165, 1.54) is 10.8 Å². The van der Waals surface area contributed by atoms with Gasteiger partial charge in [-0.05, 0) is 58.4 Å². The molecule has 2 N–H and O–H groups in total. The van der Waals surface area contributed by atoms with E-state index < -0.39 is 0 Å². The fourth-order valence-corrected chi connectivity index (χ4v) is 3.06. The molecule has 0 aliphatic carbocycles. The van der Waals surface area contributed by atoms with Crippen LogP contribution >= 0.6 is 12.2 Å². The molecular formula is C20H16N4OS. The first-order valence-corrected chi connectivity index (χ1v) is 8.58. The maximum Gasteiger partial charge on any atom is 0.216 e. The quantitative estimate of drug-likeness (QED) is 0.422. The molecule has 6 heteroatoms. The molecule has 1 heterocycles. The summed E-state index contributed by atoms with van der Waals surface area (Å²) in [7, 11) is 0. The van der Waals surface area contributed by atoms with Gasteiger partial charge in [0.1, 0.15) is 5.75 Å². The number of hydrogen-bond donors (Lipinski definition) is 2. The van der Waals surface area contributed by atoms with Crippen molar-refractivity contribution in [3.05, 3.63) is 88.5 Å². The Balaban J connectivity index is 1.68. The predicted molar refractivity (Wildman–Crippen MR) is 105 cm³/mol. The van der Waals surface area contributed by atoms with Gasteiger partial charge in [0.25, 0.3) is 0 Å². The summed E-state index contributed by atoms with van der Waals surface area (Å²) in [4.78, 5) is 0.